The summed E-state index contributed by atoms with van der Waals surface area (Å²) < 4.78 is 0. The number of amides is 2. The molecule has 2 aromatic rings. The van der Waals surface area contributed by atoms with Crippen LogP contribution in [0.25, 0.3) is 0 Å². The lowest BCUT2D eigenvalue weighted by atomic mass is 10.1. The molecule has 4 nitrogen and oxygen atoms in total. The lowest BCUT2D eigenvalue weighted by Gasteiger charge is -2.29. The summed E-state index contributed by atoms with van der Waals surface area (Å²) in [6.45, 7) is 3.87. The highest BCUT2D eigenvalue weighted by atomic mass is 35.5. The minimum absolute atomic E-state index is 0.160. The van der Waals surface area contributed by atoms with Crippen molar-refractivity contribution in [3.05, 3.63) is 63.6 Å². The van der Waals surface area contributed by atoms with Gasteiger partial charge in [0.1, 0.15) is 6.04 Å². The number of hydrogen-bond donors (Lipinski definition) is 1. The molecule has 0 spiro atoms. The van der Waals surface area contributed by atoms with Gasteiger partial charge in [-0.3, -0.25) is 9.59 Å². The fourth-order valence-corrected chi connectivity index (χ4v) is 3.81. The molecule has 0 radical (unpaired) electrons. The predicted octanol–water partition coefficient (Wildman–Crippen LogP) is 4.56. The Bertz CT molecular complexity index is 792. The van der Waals surface area contributed by atoms with Crippen LogP contribution < -0.4 is 5.32 Å². The van der Waals surface area contributed by atoms with Gasteiger partial charge in [0.2, 0.25) is 11.8 Å². The molecule has 2 aromatic carbocycles. The number of carbonyl (C=O) groups excluding carboxylic acids is 2. The van der Waals surface area contributed by atoms with E-state index in [4.69, 9.17) is 23.2 Å². The number of rotatable bonds is 7. The zero-order valence-electron chi connectivity index (χ0n) is 15.5. The Hall–Kier alpha value is -1.69. The van der Waals surface area contributed by atoms with Crippen molar-refractivity contribution in [2.24, 2.45) is 0 Å². The smallest absolute Gasteiger partial charge is 0.242 e. The lowest BCUT2D eigenvalue weighted by Crippen LogP contribution is -2.47. The average Bonchev–Trinajstić information content (AvgIpc) is 2.66. The van der Waals surface area contributed by atoms with E-state index in [1.807, 2.05) is 31.2 Å². The van der Waals surface area contributed by atoms with Gasteiger partial charge >= 0.3 is 0 Å². The zero-order chi connectivity index (χ0) is 20.0. The first-order valence-corrected chi connectivity index (χ1v) is 10.2. The van der Waals surface area contributed by atoms with Crippen molar-refractivity contribution >= 4 is 46.8 Å². The Morgan fingerprint density at radius 3 is 2.26 bits per heavy atom. The molecule has 0 aromatic heterocycles. The maximum atomic E-state index is 12.9. The number of nitrogens with one attached hydrogen (secondary N) is 1. The molecular formula is C20H22Cl2N2O2S. The Labute approximate surface area is 174 Å². The van der Waals surface area contributed by atoms with Crippen molar-refractivity contribution < 1.29 is 9.59 Å². The summed E-state index contributed by atoms with van der Waals surface area (Å²) in [4.78, 5) is 27.6. The molecule has 0 aliphatic rings. The number of carbonyl (C=O) groups is 2. The van der Waals surface area contributed by atoms with Gasteiger partial charge in [0, 0.05) is 34.1 Å². The highest BCUT2D eigenvalue weighted by molar-refractivity contribution is 8.00. The van der Waals surface area contributed by atoms with E-state index in [1.165, 1.54) is 16.7 Å². The van der Waals surface area contributed by atoms with Crippen LogP contribution in [0.4, 0.5) is 0 Å². The van der Waals surface area contributed by atoms with Crippen LogP contribution in [-0.4, -0.2) is 35.6 Å². The fourth-order valence-electron chi connectivity index (χ4n) is 2.51. The molecule has 0 saturated heterocycles. The van der Waals surface area contributed by atoms with Crippen LogP contribution in [0.2, 0.25) is 10.0 Å². The summed E-state index contributed by atoms with van der Waals surface area (Å²) in [6, 6.07) is 12.5. The summed E-state index contributed by atoms with van der Waals surface area (Å²) in [5.41, 5.74) is 1.79. The van der Waals surface area contributed by atoms with E-state index in [0.29, 0.717) is 15.6 Å². The Morgan fingerprint density at radius 1 is 1.11 bits per heavy atom. The van der Waals surface area contributed by atoms with Crippen LogP contribution in [0, 0.1) is 6.92 Å². The first-order chi connectivity index (χ1) is 12.8. The van der Waals surface area contributed by atoms with E-state index in [2.05, 4.69) is 5.32 Å². The number of thioether (sulfide) groups is 1. The van der Waals surface area contributed by atoms with Crippen molar-refractivity contribution in [2.75, 3.05) is 12.8 Å². The van der Waals surface area contributed by atoms with Crippen LogP contribution in [0.5, 0.6) is 0 Å². The van der Waals surface area contributed by atoms with E-state index in [9.17, 15) is 9.59 Å². The molecule has 1 N–H and O–H groups in total. The molecule has 0 unspecified atom stereocenters. The summed E-state index contributed by atoms with van der Waals surface area (Å²) in [5, 5.41) is 3.53. The second kappa shape index (κ2) is 10.0. The quantitative estimate of drug-likeness (QED) is 0.662. The number of aryl methyl sites for hydroxylation is 1. The van der Waals surface area contributed by atoms with E-state index in [0.717, 1.165) is 10.5 Å². The molecule has 0 fully saturated rings. The van der Waals surface area contributed by atoms with Crippen molar-refractivity contribution in [2.45, 2.75) is 31.3 Å². The maximum absolute atomic E-state index is 12.9. The highest BCUT2D eigenvalue weighted by Crippen LogP contribution is 2.27. The van der Waals surface area contributed by atoms with Crippen molar-refractivity contribution in [3.63, 3.8) is 0 Å². The number of hydrogen-bond acceptors (Lipinski definition) is 3. The minimum Gasteiger partial charge on any atom is -0.357 e. The van der Waals surface area contributed by atoms with Crippen LogP contribution in [0.15, 0.2) is 47.4 Å². The highest BCUT2D eigenvalue weighted by Gasteiger charge is 2.26. The molecule has 0 heterocycles. The second-order valence-electron chi connectivity index (χ2n) is 6.11. The molecule has 7 heteroatoms. The molecule has 2 rings (SSSR count). The summed E-state index contributed by atoms with van der Waals surface area (Å²) >= 11 is 13.9. The Kier molecular flexibility index (Phi) is 8.02. The van der Waals surface area contributed by atoms with E-state index >= 15 is 0 Å². The molecule has 0 aliphatic heterocycles. The van der Waals surface area contributed by atoms with Gasteiger partial charge in [-0.1, -0.05) is 47.0 Å². The summed E-state index contributed by atoms with van der Waals surface area (Å²) in [6.07, 6.45) is 0. The molecule has 2 amide bonds. The van der Waals surface area contributed by atoms with E-state index in [-0.39, 0.29) is 24.1 Å². The second-order valence-corrected chi connectivity index (χ2v) is 7.98. The maximum Gasteiger partial charge on any atom is 0.242 e. The Balaban J connectivity index is 2.19. The molecule has 27 heavy (non-hydrogen) atoms. The van der Waals surface area contributed by atoms with Crippen molar-refractivity contribution in [1.82, 2.24) is 10.2 Å². The average molecular weight is 425 g/mol. The van der Waals surface area contributed by atoms with Gasteiger partial charge in [0.05, 0.1) is 5.75 Å². The monoisotopic (exact) mass is 424 g/mol. The van der Waals surface area contributed by atoms with Gasteiger partial charge in [-0.25, -0.2) is 0 Å². The van der Waals surface area contributed by atoms with Gasteiger partial charge in [-0.2, -0.15) is 0 Å². The number of benzene rings is 2. The molecule has 144 valence electrons. The van der Waals surface area contributed by atoms with Crippen LogP contribution in [0.3, 0.4) is 0 Å². The fraction of sp³-hybridized carbons (Fsp3) is 0.300. The molecule has 0 aliphatic carbocycles. The van der Waals surface area contributed by atoms with Crippen molar-refractivity contribution in [1.29, 1.82) is 0 Å². The largest absolute Gasteiger partial charge is 0.357 e. The lowest BCUT2D eigenvalue weighted by molar-refractivity contribution is -0.138. The first-order valence-electron chi connectivity index (χ1n) is 8.47. The normalized spacial score (nSPS) is 11.7. The SMILES string of the molecule is CNC(=O)[C@@H](C)N(Cc1c(Cl)cccc1Cl)C(=O)CSc1ccc(C)cc1. The van der Waals surface area contributed by atoms with Crippen molar-refractivity contribution in [3.8, 4) is 0 Å². The third-order valence-corrected chi connectivity index (χ3v) is 5.89. The topological polar surface area (TPSA) is 49.4 Å². The molecule has 1 atom stereocenters. The minimum atomic E-state index is -0.645. The first kappa shape index (κ1) is 21.6. The van der Waals surface area contributed by atoms with E-state index < -0.39 is 6.04 Å². The summed E-state index contributed by atoms with van der Waals surface area (Å²) in [5.74, 6) is -0.188. The van der Waals surface area contributed by atoms with Gasteiger partial charge in [-0.05, 0) is 38.1 Å². The Morgan fingerprint density at radius 2 is 1.70 bits per heavy atom. The van der Waals surface area contributed by atoms with Crippen LogP contribution >= 0.6 is 35.0 Å². The number of halogens is 2. The van der Waals surface area contributed by atoms with Crippen LogP contribution in [0.1, 0.15) is 18.1 Å². The molecular weight excluding hydrogens is 403 g/mol. The van der Waals surface area contributed by atoms with E-state index in [1.54, 1.807) is 32.2 Å². The van der Waals surface area contributed by atoms with Gasteiger partial charge in [0.25, 0.3) is 0 Å². The number of likely N-dealkylation sites (N-methyl/N-ethyl adjacent to an activating group) is 1. The zero-order valence-corrected chi connectivity index (χ0v) is 17.8. The third kappa shape index (κ3) is 5.89. The van der Waals surface area contributed by atoms with Gasteiger partial charge in [-0.15, -0.1) is 11.8 Å². The predicted molar refractivity (Wildman–Crippen MR) is 112 cm³/mol. The standard InChI is InChI=1S/C20H22Cl2N2O2S/c1-13-7-9-15(10-8-13)27-12-19(25)24(14(2)20(26)23-3)11-16-17(21)5-4-6-18(16)22/h4-10,14H,11-12H2,1-3H3,(H,23,26)/t14-/m1/s1. The van der Waals surface area contributed by atoms with Crippen LogP contribution in [-0.2, 0) is 16.1 Å². The van der Waals surface area contributed by atoms with Gasteiger partial charge in [0.15, 0.2) is 0 Å². The number of nitrogens with zero attached hydrogens (tertiary/aromatic N) is 1. The molecule has 0 saturated carbocycles. The molecule has 0 bridgehead atoms. The van der Waals surface area contributed by atoms with Gasteiger partial charge < -0.3 is 10.2 Å². The third-order valence-electron chi connectivity index (χ3n) is 4.19. The summed E-state index contributed by atoms with van der Waals surface area (Å²) in [7, 11) is 1.55.